The highest BCUT2D eigenvalue weighted by molar-refractivity contribution is 5.97. The topological polar surface area (TPSA) is 92.6 Å². The molecule has 7 nitrogen and oxygen atoms in total. The Bertz CT molecular complexity index is 901. The predicted molar refractivity (Wildman–Crippen MR) is 110 cm³/mol. The molecule has 1 unspecified atom stereocenters. The van der Waals surface area contributed by atoms with E-state index in [0.717, 1.165) is 16.9 Å². The van der Waals surface area contributed by atoms with E-state index >= 15 is 0 Å². The summed E-state index contributed by atoms with van der Waals surface area (Å²) in [6.07, 6.45) is 1.42. The van der Waals surface area contributed by atoms with Gasteiger partial charge in [-0.3, -0.25) is 4.79 Å². The Morgan fingerprint density at radius 1 is 1.07 bits per heavy atom. The van der Waals surface area contributed by atoms with Crippen molar-refractivity contribution < 1.29 is 19.0 Å². The first-order valence-corrected chi connectivity index (χ1v) is 9.01. The van der Waals surface area contributed by atoms with Crippen LogP contribution in [0.2, 0.25) is 0 Å². The van der Waals surface area contributed by atoms with Gasteiger partial charge >= 0.3 is 0 Å². The van der Waals surface area contributed by atoms with Crippen molar-refractivity contribution in [3.05, 3.63) is 65.4 Å². The summed E-state index contributed by atoms with van der Waals surface area (Å²) in [5.74, 6) is 1.49. The molecular weight excluding hydrogens is 370 g/mol. The summed E-state index contributed by atoms with van der Waals surface area (Å²) in [5, 5.41) is 15.1. The molecule has 2 N–H and O–H groups in total. The molecule has 0 bridgehead atoms. The van der Waals surface area contributed by atoms with Crippen molar-refractivity contribution in [1.29, 1.82) is 5.26 Å². The quantitative estimate of drug-likeness (QED) is 0.501. The van der Waals surface area contributed by atoms with Crippen molar-refractivity contribution in [3.8, 4) is 23.3 Å². The minimum atomic E-state index is -0.461. The molecule has 0 aliphatic rings. The maximum absolute atomic E-state index is 12.4. The van der Waals surface area contributed by atoms with Gasteiger partial charge in [0.1, 0.15) is 17.4 Å². The van der Waals surface area contributed by atoms with Crippen LogP contribution in [0.4, 0.5) is 0 Å². The Morgan fingerprint density at radius 2 is 1.76 bits per heavy atom. The SMILES string of the molecule is COc1ccc(CN/C=C(/C#N)C(=O)NC(C)c2ccc(OC)c(OC)c2)cc1. The van der Waals surface area contributed by atoms with Crippen molar-refractivity contribution in [2.75, 3.05) is 21.3 Å². The number of benzene rings is 2. The highest BCUT2D eigenvalue weighted by atomic mass is 16.5. The number of rotatable bonds is 9. The number of methoxy groups -OCH3 is 3. The zero-order valence-corrected chi connectivity index (χ0v) is 17.0. The van der Waals surface area contributed by atoms with E-state index < -0.39 is 5.91 Å². The largest absolute Gasteiger partial charge is 0.497 e. The van der Waals surface area contributed by atoms with E-state index in [2.05, 4.69) is 10.6 Å². The third-order valence-corrected chi connectivity index (χ3v) is 4.33. The minimum absolute atomic E-state index is 0.00848. The molecule has 2 rings (SSSR count). The summed E-state index contributed by atoms with van der Waals surface area (Å²) in [7, 11) is 4.72. The Labute approximate surface area is 170 Å². The number of carbonyl (C=O) groups is 1. The van der Waals surface area contributed by atoms with Crippen LogP contribution in [-0.2, 0) is 11.3 Å². The van der Waals surface area contributed by atoms with E-state index in [9.17, 15) is 10.1 Å². The van der Waals surface area contributed by atoms with Gasteiger partial charge in [-0.15, -0.1) is 0 Å². The number of hydrogen-bond donors (Lipinski definition) is 2. The van der Waals surface area contributed by atoms with Crippen LogP contribution in [0.25, 0.3) is 0 Å². The number of nitrogens with zero attached hydrogens (tertiary/aromatic N) is 1. The van der Waals surface area contributed by atoms with E-state index in [1.165, 1.54) is 6.20 Å². The Morgan fingerprint density at radius 3 is 2.34 bits per heavy atom. The smallest absolute Gasteiger partial charge is 0.263 e. The van der Waals surface area contributed by atoms with Crippen molar-refractivity contribution in [2.45, 2.75) is 19.5 Å². The Balaban J connectivity index is 1.99. The number of nitrogens with one attached hydrogen (secondary N) is 2. The zero-order valence-electron chi connectivity index (χ0n) is 17.0. The van der Waals surface area contributed by atoms with Gasteiger partial charge in [0.05, 0.1) is 27.4 Å². The summed E-state index contributed by atoms with van der Waals surface area (Å²) in [6, 6.07) is 14.5. The Hall–Kier alpha value is -3.66. The summed E-state index contributed by atoms with van der Waals surface area (Å²) >= 11 is 0. The van der Waals surface area contributed by atoms with E-state index in [1.54, 1.807) is 33.5 Å². The second kappa shape index (κ2) is 10.6. The van der Waals surface area contributed by atoms with E-state index in [4.69, 9.17) is 14.2 Å². The van der Waals surface area contributed by atoms with Gasteiger partial charge in [0, 0.05) is 12.7 Å². The molecule has 7 heteroatoms. The van der Waals surface area contributed by atoms with Gasteiger partial charge < -0.3 is 24.8 Å². The summed E-state index contributed by atoms with van der Waals surface area (Å²) in [6.45, 7) is 2.31. The van der Waals surface area contributed by atoms with Crippen LogP contribution in [0.5, 0.6) is 17.2 Å². The highest BCUT2D eigenvalue weighted by Crippen LogP contribution is 2.29. The third-order valence-electron chi connectivity index (χ3n) is 4.33. The molecule has 0 aromatic heterocycles. The molecule has 1 amide bonds. The molecule has 29 heavy (non-hydrogen) atoms. The van der Waals surface area contributed by atoms with Gasteiger partial charge in [0.15, 0.2) is 11.5 Å². The van der Waals surface area contributed by atoms with Gasteiger partial charge in [-0.1, -0.05) is 18.2 Å². The maximum atomic E-state index is 12.4. The number of hydrogen-bond acceptors (Lipinski definition) is 6. The predicted octanol–water partition coefficient (Wildman–Crippen LogP) is 3.09. The van der Waals surface area contributed by atoms with Crippen LogP contribution >= 0.6 is 0 Å². The molecule has 0 aliphatic carbocycles. The standard InChI is InChI=1S/C22H25N3O4/c1-15(17-7-10-20(28-3)21(11-17)29-4)25-22(26)18(12-23)14-24-13-16-5-8-19(27-2)9-6-16/h5-11,14-15,24H,13H2,1-4H3,(H,25,26)/b18-14-. The molecule has 0 saturated heterocycles. The lowest BCUT2D eigenvalue weighted by Crippen LogP contribution is -2.28. The van der Waals surface area contributed by atoms with Crippen LogP contribution < -0.4 is 24.8 Å². The normalized spacial score (nSPS) is 11.8. The summed E-state index contributed by atoms with van der Waals surface area (Å²) in [5.41, 5.74) is 1.82. The molecule has 0 saturated carbocycles. The molecule has 2 aromatic rings. The minimum Gasteiger partial charge on any atom is -0.497 e. The van der Waals surface area contributed by atoms with Crippen LogP contribution in [0.3, 0.4) is 0 Å². The lowest BCUT2D eigenvalue weighted by atomic mass is 10.1. The molecule has 0 spiro atoms. The lowest BCUT2D eigenvalue weighted by molar-refractivity contribution is -0.117. The average molecular weight is 395 g/mol. The zero-order chi connectivity index (χ0) is 21.2. The molecule has 0 aliphatic heterocycles. The Kier molecular flexibility index (Phi) is 7.92. The second-order valence-electron chi connectivity index (χ2n) is 6.21. The van der Waals surface area contributed by atoms with Crippen LogP contribution in [0, 0.1) is 11.3 Å². The monoisotopic (exact) mass is 395 g/mol. The molecular formula is C22H25N3O4. The molecule has 0 fully saturated rings. The molecule has 0 radical (unpaired) electrons. The van der Waals surface area contributed by atoms with Crippen molar-refractivity contribution in [3.63, 3.8) is 0 Å². The summed E-state index contributed by atoms with van der Waals surface area (Å²) in [4.78, 5) is 12.4. The first kappa shape index (κ1) is 21.6. The van der Waals surface area contributed by atoms with Crippen molar-refractivity contribution in [2.24, 2.45) is 0 Å². The number of carbonyl (C=O) groups excluding carboxylic acids is 1. The molecule has 152 valence electrons. The fraction of sp³-hybridized carbons (Fsp3) is 0.273. The van der Waals surface area contributed by atoms with E-state index in [-0.39, 0.29) is 11.6 Å². The van der Waals surface area contributed by atoms with Gasteiger partial charge in [-0.25, -0.2) is 0 Å². The van der Waals surface area contributed by atoms with Crippen LogP contribution in [-0.4, -0.2) is 27.2 Å². The fourth-order valence-corrected chi connectivity index (χ4v) is 2.64. The van der Waals surface area contributed by atoms with E-state index in [0.29, 0.717) is 18.0 Å². The van der Waals surface area contributed by atoms with Gasteiger partial charge in [-0.2, -0.15) is 5.26 Å². The number of amides is 1. The fourth-order valence-electron chi connectivity index (χ4n) is 2.64. The molecule has 2 aromatic carbocycles. The van der Waals surface area contributed by atoms with Crippen LogP contribution in [0.1, 0.15) is 24.1 Å². The van der Waals surface area contributed by atoms with Gasteiger partial charge in [-0.05, 0) is 42.3 Å². The first-order valence-electron chi connectivity index (χ1n) is 9.01. The summed E-state index contributed by atoms with van der Waals surface area (Å²) < 4.78 is 15.6. The highest BCUT2D eigenvalue weighted by Gasteiger charge is 2.15. The van der Waals surface area contributed by atoms with Gasteiger partial charge in [0.2, 0.25) is 0 Å². The lowest BCUT2D eigenvalue weighted by Gasteiger charge is -2.16. The average Bonchev–Trinajstić information content (AvgIpc) is 2.76. The molecule has 0 heterocycles. The second-order valence-corrected chi connectivity index (χ2v) is 6.21. The van der Waals surface area contributed by atoms with Gasteiger partial charge in [0.25, 0.3) is 5.91 Å². The van der Waals surface area contributed by atoms with Crippen molar-refractivity contribution in [1.82, 2.24) is 10.6 Å². The first-order chi connectivity index (χ1) is 14.0. The maximum Gasteiger partial charge on any atom is 0.263 e. The third kappa shape index (κ3) is 5.91. The van der Waals surface area contributed by atoms with E-state index in [1.807, 2.05) is 43.3 Å². The molecule has 1 atom stereocenters. The van der Waals surface area contributed by atoms with Crippen LogP contribution in [0.15, 0.2) is 54.2 Å². The number of nitriles is 1. The number of ether oxygens (including phenoxy) is 3. The van der Waals surface area contributed by atoms with Crippen molar-refractivity contribution >= 4 is 5.91 Å².